The second kappa shape index (κ2) is 47.4. The van der Waals surface area contributed by atoms with Gasteiger partial charge in [0, 0.05) is 142 Å². The molecule has 6 aromatic rings. The molecule has 0 radical (unpaired) electrons. The van der Waals surface area contributed by atoms with Gasteiger partial charge in [0.25, 0.3) is 17.7 Å². The van der Waals surface area contributed by atoms with Gasteiger partial charge in [-0.2, -0.15) is 0 Å². The number of hydrogen-bond acceptors (Lipinski definition) is 24. The molecular formula is C90H102N12O21S6. The summed E-state index contributed by atoms with van der Waals surface area (Å²) in [6, 6.07) is 40.9. The molecule has 3 atom stereocenters. The standard InChI is InChI=1S/2C31H36N4O7S2.C28H30N4O7S2/c1-20-12-13-25(28(39)32-20)35-18-23-22(29(35)40)10-7-11-24(23)33-30(41)42-14-15-43-44-31(2,3)16-26(36)34(19-27(37)38)17-21-8-5-4-6-9-21;1-20-12-13-25(28(39)32-20)35-17-23-22(29(35)40)10-7-11-24(23)33-30(41)42-19-31(2,3)44-43-15-14-26(36)34(18-27(37)38)16-21-8-5-4-6-9-21;1-18-10-11-23(26(36)29-18)32-15-21-20(27(32)37)8-5-9-22(21)30-28(38)39-12-13-40-41-17-24(33)31(16-25(34)35)14-19-6-3-2-4-7-19/h2*4-11,25H,1,12-19H2,2-3H3,(H,32,39)(H,33,41)(H,37,38);2-9,23H,1,10-17H2,(H,29,36)(H,30,38)(H,34,35). The summed E-state index contributed by atoms with van der Waals surface area (Å²) in [7, 11) is 8.41. The first-order valence-corrected chi connectivity index (χ1v) is 48.2. The fraction of sp³-hybridized carbons (Fsp3) is 0.367. The van der Waals surface area contributed by atoms with Gasteiger partial charge < -0.3 is 74.9 Å². The Kier molecular flexibility index (Phi) is 36.5. The molecule has 12 amide bonds. The number of piperidine rings is 3. The maximum atomic E-state index is 13.1. The summed E-state index contributed by atoms with van der Waals surface area (Å²) in [4.78, 5) is 195. The van der Waals surface area contributed by atoms with Crippen molar-refractivity contribution in [3.8, 4) is 0 Å². The first-order chi connectivity index (χ1) is 61.6. The van der Waals surface area contributed by atoms with Crippen molar-refractivity contribution in [3.05, 3.63) is 232 Å². The fourth-order valence-corrected chi connectivity index (χ4v) is 20.9. The molecule has 33 nitrogen and oxygen atoms in total. The molecule has 684 valence electrons. The SMILES string of the molecule is C=C1CCC(N2Cc3c(NC(=O)OCC(C)(C)SSCCC(=O)N(CC(=O)O)Cc4ccccc4)cccc3C2=O)C(=O)N1.C=C1CCC(N2Cc3c(NC(=O)OCCSSC(C)(C)CC(=O)N(CC(=O)O)Cc4ccccc4)cccc3C2=O)C(=O)N1.C=C1CCC(N2Cc3c(NC(=O)OCCSSCC(=O)N(CC(=O)O)Cc4ccccc4)cccc3C2=O)C(=O)N1. The van der Waals surface area contributed by atoms with E-state index in [2.05, 4.69) is 51.6 Å². The van der Waals surface area contributed by atoms with E-state index in [1.54, 1.807) is 54.6 Å². The van der Waals surface area contributed by atoms with Crippen LogP contribution in [-0.4, -0.2) is 224 Å². The highest BCUT2D eigenvalue weighted by Gasteiger charge is 2.43. The Labute approximate surface area is 769 Å². The maximum Gasteiger partial charge on any atom is 0.411 e. The molecule has 0 bridgehead atoms. The highest BCUT2D eigenvalue weighted by molar-refractivity contribution is 8.77. The summed E-state index contributed by atoms with van der Waals surface area (Å²) in [6.07, 6.45) is 1.52. The van der Waals surface area contributed by atoms with Crippen molar-refractivity contribution in [1.29, 1.82) is 0 Å². The van der Waals surface area contributed by atoms with Crippen molar-refractivity contribution in [2.24, 2.45) is 0 Å². The lowest BCUT2D eigenvalue weighted by molar-refractivity contribution is -0.145. The lowest BCUT2D eigenvalue weighted by Crippen LogP contribution is -2.49. The fourth-order valence-electron chi connectivity index (χ4n) is 14.4. The van der Waals surface area contributed by atoms with Gasteiger partial charge in [0.2, 0.25) is 35.4 Å². The van der Waals surface area contributed by atoms with Gasteiger partial charge in [-0.05, 0) is 119 Å². The molecule has 6 heterocycles. The van der Waals surface area contributed by atoms with Crippen LogP contribution in [0.1, 0.15) is 144 Å². The third-order valence-electron chi connectivity index (χ3n) is 20.6. The van der Waals surface area contributed by atoms with Crippen LogP contribution in [0.15, 0.2) is 182 Å². The van der Waals surface area contributed by atoms with Crippen molar-refractivity contribution in [1.82, 2.24) is 45.3 Å². The second-order valence-electron chi connectivity index (χ2n) is 31.7. The van der Waals surface area contributed by atoms with Crippen molar-refractivity contribution in [3.63, 3.8) is 0 Å². The van der Waals surface area contributed by atoms with E-state index in [0.717, 1.165) is 16.7 Å². The predicted octanol–water partition coefficient (Wildman–Crippen LogP) is 12.8. The van der Waals surface area contributed by atoms with Crippen molar-refractivity contribution < 1.29 is 101 Å². The number of carbonyl (C=O) groups is 15. The Bertz CT molecular complexity index is 5210. The van der Waals surface area contributed by atoms with E-state index in [9.17, 15) is 82.1 Å². The third-order valence-corrected chi connectivity index (χ3v) is 29.4. The molecule has 0 spiro atoms. The lowest BCUT2D eigenvalue weighted by Gasteiger charge is -2.31. The largest absolute Gasteiger partial charge is 0.480 e. The molecule has 0 aliphatic carbocycles. The number of amides is 12. The summed E-state index contributed by atoms with van der Waals surface area (Å²) in [5.41, 5.74) is 8.97. The Balaban J connectivity index is 0.000000201. The molecule has 6 aliphatic rings. The number of aliphatic carboxylic acids is 3. The highest BCUT2D eigenvalue weighted by Crippen LogP contribution is 2.41. The number of rotatable bonds is 38. The van der Waals surface area contributed by atoms with Gasteiger partial charge in [-0.15, -0.1) is 0 Å². The molecule has 3 saturated heterocycles. The summed E-state index contributed by atoms with van der Waals surface area (Å²) >= 11 is 0. The maximum absolute atomic E-state index is 13.1. The van der Waals surface area contributed by atoms with Crippen molar-refractivity contribution >= 4 is 171 Å². The van der Waals surface area contributed by atoms with Gasteiger partial charge in [-0.1, -0.05) is 194 Å². The average molecular weight is 1880 g/mol. The first kappa shape index (κ1) is 99.3. The van der Waals surface area contributed by atoms with Crippen LogP contribution in [-0.2, 0) is 96.6 Å². The van der Waals surface area contributed by atoms with Crippen LogP contribution >= 0.6 is 64.8 Å². The lowest BCUT2D eigenvalue weighted by atomic mass is 10.0. The van der Waals surface area contributed by atoms with Gasteiger partial charge in [-0.25, -0.2) is 14.4 Å². The molecule has 12 rings (SSSR count). The zero-order valence-electron chi connectivity index (χ0n) is 71.5. The number of fused-ring (bicyclic) bond motifs is 3. The van der Waals surface area contributed by atoms with E-state index < -0.39 is 70.4 Å². The predicted molar refractivity (Wildman–Crippen MR) is 496 cm³/mol. The summed E-state index contributed by atoms with van der Waals surface area (Å²) < 4.78 is 15.1. The average Bonchev–Trinajstić information content (AvgIpc) is 1.63. The van der Waals surface area contributed by atoms with Crippen LogP contribution in [0, 0.1) is 0 Å². The molecule has 0 saturated carbocycles. The van der Waals surface area contributed by atoms with E-state index >= 15 is 0 Å². The van der Waals surface area contributed by atoms with Crippen LogP contribution in [0.25, 0.3) is 0 Å². The van der Waals surface area contributed by atoms with Crippen LogP contribution < -0.4 is 31.9 Å². The summed E-state index contributed by atoms with van der Waals surface area (Å²) in [5.74, 6) is -4.21. The monoisotopic (exact) mass is 1880 g/mol. The molecule has 3 fully saturated rings. The third kappa shape index (κ3) is 29.6. The molecule has 39 heteroatoms. The van der Waals surface area contributed by atoms with Gasteiger partial charge >= 0.3 is 36.2 Å². The molecule has 6 aliphatic heterocycles. The molecule has 129 heavy (non-hydrogen) atoms. The number of nitrogens with one attached hydrogen (secondary N) is 6. The zero-order valence-corrected chi connectivity index (χ0v) is 76.4. The summed E-state index contributed by atoms with van der Waals surface area (Å²) in [5, 5.41) is 44.0. The highest BCUT2D eigenvalue weighted by atomic mass is 33.1. The van der Waals surface area contributed by atoms with E-state index in [0.29, 0.717) is 123 Å². The van der Waals surface area contributed by atoms with E-state index in [1.807, 2.05) is 119 Å². The van der Waals surface area contributed by atoms with Gasteiger partial charge in [0.1, 0.15) is 57.6 Å². The minimum absolute atomic E-state index is 0.0742. The smallest absolute Gasteiger partial charge is 0.411 e. The Hall–Kier alpha value is -11.9. The number of benzene rings is 6. The molecule has 9 N–H and O–H groups in total. The number of carbonyl (C=O) groups excluding carboxylic acids is 12. The van der Waals surface area contributed by atoms with E-state index in [4.69, 9.17) is 19.3 Å². The molecular weight excluding hydrogens is 1780 g/mol. The number of carboxylic acid groups (broad SMARTS) is 3. The first-order valence-electron chi connectivity index (χ1n) is 41.1. The Morgan fingerprint density at radius 1 is 0.419 bits per heavy atom. The van der Waals surface area contributed by atoms with Crippen LogP contribution in [0.4, 0.5) is 31.4 Å². The number of carboxylic acids is 3. The van der Waals surface area contributed by atoms with Crippen LogP contribution in [0.5, 0.6) is 0 Å². The zero-order chi connectivity index (χ0) is 93.1. The van der Waals surface area contributed by atoms with Gasteiger partial charge in [0.05, 0.1) is 10.5 Å². The number of nitrogens with zero attached hydrogens (tertiary/aromatic N) is 6. The second-order valence-corrected chi connectivity index (χ2v) is 40.5. The van der Waals surface area contributed by atoms with E-state index in [1.165, 1.54) is 94.2 Å². The van der Waals surface area contributed by atoms with E-state index in [-0.39, 0.29) is 144 Å². The summed E-state index contributed by atoms with van der Waals surface area (Å²) in [6.45, 7) is 19.3. The van der Waals surface area contributed by atoms with Gasteiger partial charge in [-0.3, -0.25) is 73.5 Å². The quantitative estimate of drug-likeness (QED) is 0.00987. The van der Waals surface area contributed by atoms with Crippen LogP contribution in [0.2, 0.25) is 0 Å². The Morgan fingerprint density at radius 2 is 0.752 bits per heavy atom. The van der Waals surface area contributed by atoms with Gasteiger partial charge in [0.15, 0.2) is 0 Å². The van der Waals surface area contributed by atoms with Crippen molar-refractivity contribution in [2.45, 2.75) is 146 Å². The Morgan fingerprint density at radius 3 is 1.12 bits per heavy atom. The van der Waals surface area contributed by atoms with Crippen LogP contribution in [0.3, 0.4) is 0 Å². The number of allylic oxidation sites excluding steroid dienone is 3. The molecule has 3 unspecified atom stereocenters. The normalized spacial score (nSPS) is 16.2. The minimum Gasteiger partial charge on any atom is -0.480 e. The topological polar surface area (TPSA) is 436 Å². The van der Waals surface area contributed by atoms with Crippen molar-refractivity contribution in [2.75, 3.05) is 78.4 Å². The number of hydrogen-bond donors (Lipinski definition) is 9. The number of ether oxygens (including phenoxy) is 3. The number of anilines is 3. The minimum atomic E-state index is -1.08. The molecule has 6 aromatic carbocycles. The molecule has 0 aromatic heterocycles.